The fourth-order valence-electron chi connectivity index (χ4n) is 3.33. The molecule has 0 saturated carbocycles. The van der Waals surface area contributed by atoms with E-state index in [1.54, 1.807) is 4.90 Å². The minimum atomic E-state index is 0.106. The van der Waals surface area contributed by atoms with Crippen molar-refractivity contribution in [3.05, 3.63) is 46.5 Å². The topological polar surface area (TPSA) is 53.5 Å². The molecule has 24 heavy (non-hydrogen) atoms. The molecule has 1 saturated heterocycles. The fraction of sp³-hybridized carbons (Fsp3) is 0.389. The van der Waals surface area contributed by atoms with Gasteiger partial charge in [0.1, 0.15) is 0 Å². The van der Waals surface area contributed by atoms with E-state index in [2.05, 4.69) is 17.1 Å². The highest BCUT2D eigenvalue weighted by Crippen LogP contribution is 2.26. The van der Waals surface area contributed by atoms with Crippen molar-refractivity contribution in [3.8, 4) is 0 Å². The maximum Gasteiger partial charge on any atom is 0.228 e. The molecule has 0 radical (unpaired) electrons. The first-order chi connectivity index (χ1) is 11.7. The van der Waals surface area contributed by atoms with E-state index >= 15 is 0 Å². The van der Waals surface area contributed by atoms with Crippen molar-refractivity contribution in [1.29, 1.82) is 0 Å². The Hall–Kier alpha value is -2.21. The monoisotopic (exact) mass is 341 g/mol. The van der Waals surface area contributed by atoms with Crippen LogP contribution in [-0.4, -0.2) is 34.8 Å². The lowest BCUT2D eigenvalue weighted by Gasteiger charge is -2.28. The average Bonchev–Trinajstić information content (AvgIpc) is 3.23. The second kappa shape index (κ2) is 6.36. The van der Waals surface area contributed by atoms with Gasteiger partial charge in [0.05, 0.1) is 12.1 Å². The molecule has 2 aliphatic rings. The second-order valence-corrected chi connectivity index (χ2v) is 7.12. The van der Waals surface area contributed by atoms with Crippen molar-refractivity contribution in [2.24, 2.45) is 0 Å². The first-order valence-corrected chi connectivity index (χ1v) is 9.18. The van der Waals surface area contributed by atoms with Gasteiger partial charge in [-0.05, 0) is 24.0 Å². The first kappa shape index (κ1) is 15.3. The molecule has 3 heterocycles. The van der Waals surface area contributed by atoms with Crippen molar-refractivity contribution in [1.82, 2.24) is 9.88 Å². The maximum atomic E-state index is 12.6. The number of thiazole rings is 1. The number of carbonyl (C=O) groups is 2. The summed E-state index contributed by atoms with van der Waals surface area (Å²) in [5, 5.41) is 2.63. The average molecular weight is 341 g/mol. The summed E-state index contributed by atoms with van der Waals surface area (Å²) in [7, 11) is 0. The van der Waals surface area contributed by atoms with Crippen molar-refractivity contribution < 1.29 is 9.59 Å². The lowest BCUT2D eigenvalue weighted by molar-refractivity contribution is -0.131. The van der Waals surface area contributed by atoms with E-state index in [1.807, 2.05) is 22.4 Å². The highest BCUT2D eigenvalue weighted by Gasteiger charge is 2.25. The van der Waals surface area contributed by atoms with E-state index in [1.165, 1.54) is 22.5 Å². The van der Waals surface area contributed by atoms with Gasteiger partial charge >= 0.3 is 0 Å². The second-order valence-electron chi connectivity index (χ2n) is 6.28. The Balaban J connectivity index is 1.42. The van der Waals surface area contributed by atoms with Gasteiger partial charge in [-0.3, -0.25) is 14.5 Å². The van der Waals surface area contributed by atoms with E-state index in [4.69, 9.17) is 0 Å². The van der Waals surface area contributed by atoms with Crippen LogP contribution >= 0.6 is 11.3 Å². The SMILES string of the molecule is O=C(Cc1csc(N2CCCC2=O)n1)N1CCc2ccccc2C1. The number of fused-ring (bicyclic) bond motifs is 1. The van der Waals surface area contributed by atoms with Crippen molar-refractivity contribution in [2.75, 3.05) is 18.0 Å². The van der Waals surface area contributed by atoms with E-state index in [0.29, 0.717) is 19.4 Å². The van der Waals surface area contributed by atoms with Gasteiger partial charge in [0, 0.05) is 31.4 Å². The van der Waals surface area contributed by atoms with Crippen LogP contribution in [0.25, 0.3) is 0 Å². The van der Waals surface area contributed by atoms with Gasteiger partial charge in [0.25, 0.3) is 0 Å². The molecule has 0 bridgehead atoms. The summed E-state index contributed by atoms with van der Waals surface area (Å²) in [4.78, 5) is 32.5. The van der Waals surface area contributed by atoms with E-state index < -0.39 is 0 Å². The van der Waals surface area contributed by atoms with Gasteiger partial charge < -0.3 is 4.90 Å². The van der Waals surface area contributed by atoms with Crippen LogP contribution < -0.4 is 4.90 Å². The van der Waals surface area contributed by atoms with Gasteiger partial charge in [-0.15, -0.1) is 11.3 Å². The standard InChI is InChI=1S/C18H19N3O2S/c22-16-6-3-8-21(16)18-19-15(12-24-18)10-17(23)20-9-7-13-4-1-2-5-14(13)11-20/h1-2,4-5,12H,3,6-11H2. The Morgan fingerprint density at radius 1 is 1.17 bits per heavy atom. The molecular weight excluding hydrogens is 322 g/mol. The largest absolute Gasteiger partial charge is 0.338 e. The molecule has 5 nitrogen and oxygen atoms in total. The number of aromatic nitrogens is 1. The number of rotatable bonds is 3. The Morgan fingerprint density at radius 2 is 2.00 bits per heavy atom. The molecule has 2 aromatic rings. The predicted molar refractivity (Wildman–Crippen MR) is 93.0 cm³/mol. The maximum absolute atomic E-state index is 12.6. The molecule has 0 aliphatic carbocycles. The van der Waals surface area contributed by atoms with Gasteiger partial charge in [-0.1, -0.05) is 24.3 Å². The third-order valence-corrected chi connectivity index (χ3v) is 5.57. The lowest BCUT2D eigenvalue weighted by Crippen LogP contribution is -2.36. The molecule has 1 aromatic heterocycles. The molecule has 4 rings (SSSR count). The highest BCUT2D eigenvalue weighted by atomic mass is 32.1. The van der Waals surface area contributed by atoms with E-state index in [-0.39, 0.29) is 11.8 Å². The molecule has 0 atom stereocenters. The van der Waals surface area contributed by atoms with Crippen LogP contribution in [0, 0.1) is 0 Å². The number of amides is 2. The number of hydrogen-bond acceptors (Lipinski definition) is 4. The van der Waals surface area contributed by atoms with Gasteiger partial charge in [-0.2, -0.15) is 0 Å². The van der Waals surface area contributed by atoms with E-state index in [9.17, 15) is 9.59 Å². The van der Waals surface area contributed by atoms with Crippen molar-refractivity contribution in [3.63, 3.8) is 0 Å². The lowest BCUT2D eigenvalue weighted by atomic mass is 10.00. The van der Waals surface area contributed by atoms with Gasteiger partial charge in [-0.25, -0.2) is 4.98 Å². The van der Waals surface area contributed by atoms with Crippen LogP contribution in [0.15, 0.2) is 29.6 Å². The Morgan fingerprint density at radius 3 is 2.79 bits per heavy atom. The Labute approximate surface area is 144 Å². The molecule has 0 spiro atoms. The van der Waals surface area contributed by atoms with Crippen LogP contribution in [0.5, 0.6) is 0 Å². The third kappa shape index (κ3) is 2.94. The fourth-order valence-corrected chi connectivity index (χ4v) is 4.19. The first-order valence-electron chi connectivity index (χ1n) is 8.30. The van der Waals surface area contributed by atoms with Crippen molar-refractivity contribution in [2.45, 2.75) is 32.2 Å². The summed E-state index contributed by atoms with van der Waals surface area (Å²) < 4.78 is 0. The van der Waals surface area contributed by atoms with Crippen LogP contribution in [0.3, 0.4) is 0 Å². The summed E-state index contributed by atoms with van der Waals surface area (Å²) in [6.45, 7) is 2.18. The van der Waals surface area contributed by atoms with E-state index in [0.717, 1.165) is 36.8 Å². The number of nitrogens with zero attached hydrogens (tertiary/aromatic N) is 3. The number of anilines is 1. The molecule has 6 heteroatoms. The molecule has 1 aromatic carbocycles. The minimum Gasteiger partial charge on any atom is -0.338 e. The quantitative estimate of drug-likeness (QED) is 0.861. The molecule has 0 unspecified atom stereocenters. The minimum absolute atomic E-state index is 0.106. The van der Waals surface area contributed by atoms with Crippen LogP contribution in [0.4, 0.5) is 5.13 Å². The highest BCUT2D eigenvalue weighted by molar-refractivity contribution is 7.14. The summed E-state index contributed by atoms with van der Waals surface area (Å²) >= 11 is 1.45. The van der Waals surface area contributed by atoms with Crippen LogP contribution in [0.2, 0.25) is 0 Å². The molecule has 124 valence electrons. The Bertz CT molecular complexity index is 786. The molecule has 0 N–H and O–H groups in total. The number of hydrogen-bond donors (Lipinski definition) is 0. The number of benzene rings is 1. The number of carbonyl (C=O) groups excluding carboxylic acids is 2. The van der Waals surface area contributed by atoms with Gasteiger partial charge in [0.2, 0.25) is 11.8 Å². The zero-order valence-corrected chi connectivity index (χ0v) is 14.2. The molecule has 2 amide bonds. The smallest absolute Gasteiger partial charge is 0.228 e. The normalized spacial score (nSPS) is 17.2. The zero-order chi connectivity index (χ0) is 16.5. The van der Waals surface area contributed by atoms with Crippen LogP contribution in [-0.2, 0) is 29.0 Å². The zero-order valence-electron chi connectivity index (χ0n) is 13.4. The summed E-state index contributed by atoms with van der Waals surface area (Å²) in [5.74, 6) is 0.240. The van der Waals surface area contributed by atoms with Gasteiger partial charge in [0.15, 0.2) is 5.13 Å². The van der Waals surface area contributed by atoms with Crippen LogP contribution in [0.1, 0.15) is 29.7 Å². The predicted octanol–water partition coefficient (Wildman–Crippen LogP) is 2.40. The van der Waals surface area contributed by atoms with Crippen molar-refractivity contribution >= 4 is 28.3 Å². The summed E-state index contributed by atoms with van der Waals surface area (Å²) in [6.07, 6.45) is 2.70. The Kier molecular flexibility index (Phi) is 4.06. The third-order valence-electron chi connectivity index (χ3n) is 4.66. The molecule has 1 fully saturated rings. The molecule has 2 aliphatic heterocycles. The summed E-state index contributed by atoms with van der Waals surface area (Å²) in [5.41, 5.74) is 3.34. The molecular formula is C18H19N3O2S. The summed E-state index contributed by atoms with van der Waals surface area (Å²) in [6, 6.07) is 8.30.